The zero-order chi connectivity index (χ0) is 6.62. The van der Waals surface area contributed by atoms with Crippen molar-refractivity contribution in [3.05, 3.63) is 0 Å². The van der Waals surface area contributed by atoms with Crippen molar-refractivity contribution in [1.82, 2.24) is 5.48 Å². The lowest BCUT2D eigenvalue weighted by molar-refractivity contribution is 0.0754. The molecule has 0 fully saturated rings. The van der Waals surface area contributed by atoms with E-state index in [0.29, 0.717) is 0 Å². The first-order valence-electron chi connectivity index (χ1n) is 2.37. The number of nitrogens with one attached hydrogen (secondary N) is 1. The first-order valence-corrected chi connectivity index (χ1v) is 3.26. The maximum absolute atomic E-state index is 4.59. The third kappa shape index (κ3) is 6.80. The lowest BCUT2D eigenvalue weighted by Crippen LogP contribution is -2.32. The first-order chi connectivity index (χ1) is 3.62. The highest BCUT2D eigenvalue weighted by molar-refractivity contribution is 8.00. The van der Waals surface area contributed by atoms with E-state index in [4.69, 9.17) is 0 Å². The molecule has 0 aliphatic rings. The van der Waals surface area contributed by atoms with Gasteiger partial charge in [0.1, 0.15) is 4.20 Å². The van der Waals surface area contributed by atoms with Gasteiger partial charge in [-0.25, -0.2) is 0 Å². The Bertz CT molecular complexity index is 71.6. The number of hydrogen-bond acceptors (Lipinski definition) is 4. The van der Waals surface area contributed by atoms with E-state index in [1.54, 1.807) is 0 Å². The topological polar surface area (TPSA) is 21.3 Å². The molecule has 0 saturated carbocycles. The Labute approximate surface area is 72.9 Å². The van der Waals surface area contributed by atoms with Crippen LogP contribution < -0.4 is 5.48 Å². The molecule has 0 spiro atoms. The molecule has 0 atom stereocenters. The standard InChI is InChI=1S/C4H11NOS2.ClH/c1-3-4(7,8)5-6-2;/h5,7-8H,3H2,1-2H3;1H. The molecule has 1 N–H and O–H groups in total. The van der Waals surface area contributed by atoms with Gasteiger partial charge in [-0.05, 0) is 6.42 Å². The van der Waals surface area contributed by atoms with Crippen LogP contribution in [0, 0.1) is 0 Å². The van der Waals surface area contributed by atoms with Crippen LogP contribution in [0.15, 0.2) is 0 Å². The molecule has 0 bridgehead atoms. The van der Waals surface area contributed by atoms with Crippen molar-refractivity contribution in [2.75, 3.05) is 7.11 Å². The first kappa shape index (κ1) is 12.6. The van der Waals surface area contributed by atoms with Gasteiger partial charge in [-0.15, -0.1) is 37.7 Å². The molecule has 0 rings (SSSR count). The zero-order valence-corrected chi connectivity index (χ0v) is 8.02. The number of hydrogen-bond donors (Lipinski definition) is 3. The third-order valence-corrected chi connectivity index (χ3v) is 1.57. The molecule has 0 aromatic carbocycles. The van der Waals surface area contributed by atoms with Crippen molar-refractivity contribution < 1.29 is 4.84 Å². The van der Waals surface area contributed by atoms with Crippen LogP contribution in [-0.4, -0.2) is 11.3 Å². The number of rotatable bonds is 3. The van der Waals surface area contributed by atoms with Crippen LogP contribution in [0.2, 0.25) is 0 Å². The second-order valence-corrected chi connectivity index (χ2v) is 3.36. The molecule has 2 nitrogen and oxygen atoms in total. The van der Waals surface area contributed by atoms with E-state index in [2.05, 4.69) is 35.6 Å². The predicted molar refractivity (Wildman–Crippen MR) is 48.4 cm³/mol. The number of thiol groups is 2. The molecular weight excluding hydrogens is 178 g/mol. The fraction of sp³-hybridized carbons (Fsp3) is 1.00. The maximum Gasteiger partial charge on any atom is 0.128 e. The predicted octanol–water partition coefficient (Wildman–Crippen LogP) is 1.48. The molecule has 0 heterocycles. The fourth-order valence-corrected chi connectivity index (χ4v) is 0.418. The fourth-order valence-electron chi connectivity index (χ4n) is 0.236. The molecule has 0 radical (unpaired) electrons. The summed E-state index contributed by atoms with van der Waals surface area (Å²) in [7, 11) is 1.54. The molecule has 0 aliphatic carbocycles. The summed E-state index contributed by atoms with van der Waals surface area (Å²) < 4.78 is -0.491. The Kier molecular flexibility index (Phi) is 7.93. The average Bonchev–Trinajstić information content (AvgIpc) is 1.67. The second kappa shape index (κ2) is 5.68. The summed E-state index contributed by atoms with van der Waals surface area (Å²) in [5.41, 5.74) is 2.60. The van der Waals surface area contributed by atoms with E-state index in [0.717, 1.165) is 6.42 Å². The lowest BCUT2D eigenvalue weighted by atomic mass is 10.5. The van der Waals surface area contributed by atoms with Gasteiger partial charge in [0.25, 0.3) is 0 Å². The molecule has 5 heteroatoms. The van der Waals surface area contributed by atoms with Crippen LogP contribution >= 0.6 is 37.7 Å². The van der Waals surface area contributed by atoms with E-state index in [-0.39, 0.29) is 12.4 Å². The summed E-state index contributed by atoms with van der Waals surface area (Å²) in [6, 6.07) is 0. The van der Waals surface area contributed by atoms with Gasteiger partial charge in [0.05, 0.1) is 7.11 Å². The Hall–Kier alpha value is 0.910. The monoisotopic (exact) mass is 189 g/mol. The Morgan fingerprint density at radius 2 is 2.00 bits per heavy atom. The van der Waals surface area contributed by atoms with Crippen molar-refractivity contribution in [2.45, 2.75) is 17.5 Å². The number of halogens is 1. The molecule has 0 aromatic rings. The van der Waals surface area contributed by atoms with Crippen LogP contribution in [0.5, 0.6) is 0 Å². The van der Waals surface area contributed by atoms with Gasteiger partial charge in [-0.2, -0.15) is 5.48 Å². The smallest absolute Gasteiger partial charge is 0.128 e. The lowest BCUT2D eigenvalue weighted by Gasteiger charge is -2.19. The van der Waals surface area contributed by atoms with Crippen molar-refractivity contribution in [3.63, 3.8) is 0 Å². The van der Waals surface area contributed by atoms with E-state index in [1.165, 1.54) is 7.11 Å². The summed E-state index contributed by atoms with van der Waals surface area (Å²) in [6.07, 6.45) is 0.799. The minimum atomic E-state index is -0.491. The summed E-state index contributed by atoms with van der Waals surface area (Å²) in [5, 5.41) is 0. The van der Waals surface area contributed by atoms with E-state index < -0.39 is 4.20 Å². The molecule has 0 amide bonds. The van der Waals surface area contributed by atoms with Gasteiger partial charge in [-0.3, -0.25) is 0 Å². The quantitative estimate of drug-likeness (QED) is 0.356. The van der Waals surface area contributed by atoms with Crippen LogP contribution in [-0.2, 0) is 4.84 Å². The van der Waals surface area contributed by atoms with Crippen molar-refractivity contribution in [1.29, 1.82) is 0 Å². The highest BCUT2D eigenvalue weighted by Crippen LogP contribution is 2.18. The molecule has 0 aliphatic heterocycles. The normalized spacial score (nSPS) is 10.7. The maximum atomic E-state index is 4.59. The molecule has 58 valence electrons. The van der Waals surface area contributed by atoms with Crippen molar-refractivity contribution >= 4 is 37.7 Å². The average molecular weight is 190 g/mol. The van der Waals surface area contributed by atoms with Crippen molar-refractivity contribution in [2.24, 2.45) is 0 Å². The minimum absolute atomic E-state index is 0. The largest absolute Gasteiger partial charge is 0.303 e. The molecule has 0 unspecified atom stereocenters. The van der Waals surface area contributed by atoms with E-state index in [9.17, 15) is 0 Å². The highest BCUT2D eigenvalue weighted by atomic mass is 35.5. The summed E-state index contributed by atoms with van der Waals surface area (Å²) in [4.78, 5) is 4.59. The number of hydroxylamine groups is 1. The Morgan fingerprint density at radius 1 is 1.56 bits per heavy atom. The summed E-state index contributed by atoms with van der Waals surface area (Å²) in [6.45, 7) is 1.96. The Morgan fingerprint density at radius 3 is 2.11 bits per heavy atom. The summed E-state index contributed by atoms with van der Waals surface area (Å²) in [5.74, 6) is 0. The van der Waals surface area contributed by atoms with Crippen LogP contribution in [0.25, 0.3) is 0 Å². The molecule has 0 saturated heterocycles. The van der Waals surface area contributed by atoms with Gasteiger partial charge in [0, 0.05) is 0 Å². The van der Waals surface area contributed by atoms with Crippen LogP contribution in [0.4, 0.5) is 0 Å². The second-order valence-electron chi connectivity index (χ2n) is 1.48. The minimum Gasteiger partial charge on any atom is -0.303 e. The zero-order valence-electron chi connectivity index (χ0n) is 5.42. The van der Waals surface area contributed by atoms with E-state index >= 15 is 0 Å². The van der Waals surface area contributed by atoms with Crippen LogP contribution in [0.3, 0.4) is 0 Å². The van der Waals surface area contributed by atoms with Crippen LogP contribution in [0.1, 0.15) is 13.3 Å². The van der Waals surface area contributed by atoms with Gasteiger partial charge < -0.3 is 4.84 Å². The van der Waals surface area contributed by atoms with Gasteiger partial charge >= 0.3 is 0 Å². The Balaban J connectivity index is 0. The summed E-state index contributed by atoms with van der Waals surface area (Å²) >= 11 is 8.19. The molecule has 0 aromatic heterocycles. The van der Waals surface area contributed by atoms with Gasteiger partial charge in [0.15, 0.2) is 0 Å². The molecule has 9 heavy (non-hydrogen) atoms. The SMILES string of the molecule is CCC(S)(S)NOC.Cl. The molecular formula is C4H12ClNOS2. The van der Waals surface area contributed by atoms with E-state index in [1.807, 2.05) is 6.92 Å². The van der Waals surface area contributed by atoms with Crippen molar-refractivity contribution in [3.8, 4) is 0 Å². The highest BCUT2D eigenvalue weighted by Gasteiger charge is 2.14. The van der Waals surface area contributed by atoms with Gasteiger partial charge in [-0.1, -0.05) is 6.92 Å². The third-order valence-electron chi connectivity index (χ3n) is 0.759. The van der Waals surface area contributed by atoms with Gasteiger partial charge in [0.2, 0.25) is 0 Å².